The van der Waals surface area contributed by atoms with Crippen LogP contribution in [0.15, 0.2) is 18.2 Å². The standard InChI is InChI=1S/C15H18F2O3S/c16-13-6-1-3-10(14(13)17)7-15(18)8-11-4-2-5-12(9-15)21(11,19)20/h1,3,6,11-12,18H,2,4-5,7-9H2. The van der Waals surface area contributed by atoms with Crippen molar-refractivity contribution in [1.82, 2.24) is 0 Å². The zero-order valence-electron chi connectivity index (χ0n) is 11.6. The molecular weight excluding hydrogens is 298 g/mol. The van der Waals surface area contributed by atoms with Gasteiger partial charge >= 0.3 is 0 Å². The van der Waals surface area contributed by atoms with Crippen LogP contribution < -0.4 is 0 Å². The van der Waals surface area contributed by atoms with Crippen LogP contribution in [0.3, 0.4) is 0 Å². The van der Waals surface area contributed by atoms with E-state index in [9.17, 15) is 22.3 Å². The molecule has 2 saturated heterocycles. The van der Waals surface area contributed by atoms with Crippen molar-refractivity contribution < 1.29 is 22.3 Å². The Bertz CT molecular complexity index is 637. The molecule has 0 amide bonds. The van der Waals surface area contributed by atoms with Crippen LogP contribution in [0.25, 0.3) is 0 Å². The van der Waals surface area contributed by atoms with Crippen LogP contribution in [0.5, 0.6) is 0 Å². The Labute approximate surface area is 122 Å². The quantitative estimate of drug-likeness (QED) is 0.911. The van der Waals surface area contributed by atoms with Gasteiger partial charge < -0.3 is 5.11 Å². The minimum Gasteiger partial charge on any atom is -0.389 e. The summed E-state index contributed by atoms with van der Waals surface area (Å²) in [6.45, 7) is 0. The number of aliphatic hydroxyl groups is 1. The van der Waals surface area contributed by atoms with Gasteiger partial charge in [-0.3, -0.25) is 0 Å². The number of fused-ring (bicyclic) bond motifs is 2. The van der Waals surface area contributed by atoms with Crippen LogP contribution in [-0.4, -0.2) is 29.6 Å². The highest BCUT2D eigenvalue weighted by molar-refractivity contribution is 7.92. The molecule has 1 aromatic rings. The molecule has 1 N–H and O–H groups in total. The van der Waals surface area contributed by atoms with E-state index < -0.39 is 37.6 Å². The van der Waals surface area contributed by atoms with E-state index in [1.165, 1.54) is 12.1 Å². The van der Waals surface area contributed by atoms with Crippen molar-refractivity contribution in [3.63, 3.8) is 0 Å². The fraction of sp³-hybridized carbons (Fsp3) is 0.600. The lowest BCUT2D eigenvalue weighted by atomic mass is 9.81. The maximum Gasteiger partial charge on any atom is 0.162 e. The topological polar surface area (TPSA) is 54.4 Å². The first-order chi connectivity index (χ1) is 9.82. The first kappa shape index (κ1) is 14.9. The van der Waals surface area contributed by atoms with Crippen molar-refractivity contribution in [1.29, 1.82) is 0 Å². The summed E-state index contributed by atoms with van der Waals surface area (Å²) in [5, 5.41) is 9.63. The van der Waals surface area contributed by atoms with E-state index in [4.69, 9.17) is 0 Å². The third kappa shape index (κ3) is 2.59. The van der Waals surface area contributed by atoms with Crippen LogP contribution >= 0.6 is 0 Å². The number of hydrogen-bond donors (Lipinski definition) is 1. The minimum absolute atomic E-state index is 0.0425. The average Bonchev–Trinajstić information content (AvgIpc) is 2.37. The largest absolute Gasteiger partial charge is 0.389 e. The van der Waals surface area contributed by atoms with E-state index in [-0.39, 0.29) is 24.8 Å². The molecule has 2 fully saturated rings. The van der Waals surface area contributed by atoms with Gasteiger partial charge in [-0.05, 0) is 37.3 Å². The van der Waals surface area contributed by atoms with E-state index in [2.05, 4.69) is 0 Å². The molecule has 116 valence electrons. The van der Waals surface area contributed by atoms with Gasteiger partial charge in [0.05, 0.1) is 16.1 Å². The molecule has 2 aliphatic rings. The van der Waals surface area contributed by atoms with Crippen molar-refractivity contribution in [2.75, 3.05) is 0 Å². The zero-order chi connectivity index (χ0) is 15.3. The smallest absolute Gasteiger partial charge is 0.162 e. The molecule has 0 spiro atoms. The van der Waals surface area contributed by atoms with E-state index in [0.717, 1.165) is 12.5 Å². The van der Waals surface area contributed by atoms with Gasteiger partial charge in [0.25, 0.3) is 0 Å². The Morgan fingerprint density at radius 3 is 2.43 bits per heavy atom. The Hall–Kier alpha value is -1.01. The number of halogens is 2. The number of rotatable bonds is 2. The molecule has 3 rings (SSSR count). The van der Waals surface area contributed by atoms with Gasteiger partial charge in [-0.15, -0.1) is 0 Å². The molecule has 0 saturated carbocycles. The van der Waals surface area contributed by atoms with Crippen LogP contribution in [0.4, 0.5) is 8.78 Å². The van der Waals surface area contributed by atoms with Gasteiger partial charge in [-0.25, -0.2) is 17.2 Å². The molecule has 2 bridgehead atoms. The van der Waals surface area contributed by atoms with Gasteiger partial charge in [0, 0.05) is 6.42 Å². The molecule has 0 aromatic heterocycles. The Morgan fingerprint density at radius 1 is 1.19 bits per heavy atom. The summed E-state index contributed by atoms with van der Waals surface area (Å²) >= 11 is 0. The highest BCUT2D eigenvalue weighted by Crippen LogP contribution is 2.42. The second kappa shape index (κ2) is 5.02. The molecule has 0 radical (unpaired) electrons. The predicted octanol–water partition coefficient (Wildman–Crippen LogP) is 2.37. The van der Waals surface area contributed by atoms with Crippen molar-refractivity contribution >= 4 is 9.84 Å². The summed E-state index contributed by atoms with van der Waals surface area (Å²) in [6.07, 6.45) is 2.13. The average molecular weight is 316 g/mol. The molecule has 3 nitrogen and oxygen atoms in total. The highest BCUT2D eigenvalue weighted by atomic mass is 32.2. The lowest BCUT2D eigenvalue weighted by Gasteiger charge is -2.44. The molecular formula is C15H18F2O3S. The molecule has 2 unspecified atom stereocenters. The monoisotopic (exact) mass is 316 g/mol. The predicted molar refractivity (Wildman–Crippen MR) is 74.6 cm³/mol. The Morgan fingerprint density at radius 2 is 1.81 bits per heavy atom. The van der Waals surface area contributed by atoms with E-state index in [0.29, 0.717) is 12.8 Å². The normalized spacial score (nSPS) is 34.6. The maximum absolute atomic E-state index is 13.8. The second-order valence-electron chi connectivity index (χ2n) is 6.29. The van der Waals surface area contributed by atoms with Gasteiger partial charge in [-0.1, -0.05) is 18.6 Å². The van der Waals surface area contributed by atoms with E-state index in [1.807, 2.05) is 0 Å². The number of sulfone groups is 1. The Kier molecular flexibility index (Phi) is 3.56. The molecule has 2 heterocycles. The van der Waals surface area contributed by atoms with Crippen molar-refractivity contribution in [2.24, 2.45) is 0 Å². The lowest BCUT2D eigenvalue weighted by Crippen LogP contribution is -2.52. The van der Waals surface area contributed by atoms with Gasteiger partial charge in [0.1, 0.15) is 0 Å². The fourth-order valence-corrected chi connectivity index (χ4v) is 6.34. The molecule has 0 aliphatic carbocycles. The minimum atomic E-state index is -3.17. The van der Waals surface area contributed by atoms with Gasteiger partial charge in [-0.2, -0.15) is 0 Å². The third-order valence-electron chi connectivity index (χ3n) is 4.75. The van der Waals surface area contributed by atoms with E-state index >= 15 is 0 Å². The molecule has 1 aromatic carbocycles. The van der Waals surface area contributed by atoms with Crippen molar-refractivity contribution in [2.45, 2.75) is 54.6 Å². The van der Waals surface area contributed by atoms with Gasteiger partial charge in [0.15, 0.2) is 21.5 Å². The van der Waals surface area contributed by atoms with Crippen molar-refractivity contribution in [3.8, 4) is 0 Å². The third-order valence-corrected chi connectivity index (χ3v) is 7.41. The second-order valence-corrected chi connectivity index (χ2v) is 8.80. The van der Waals surface area contributed by atoms with Crippen LogP contribution in [0, 0.1) is 11.6 Å². The summed E-state index contributed by atoms with van der Waals surface area (Å²) in [5.41, 5.74) is -1.16. The summed E-state index contributed by atoms with van der Waals surface area (Å²) < 4.78 is 51.4. The van der Waals surface area contributed by atoms with Crippen LogP contribution in [0.2, 0.25) is 0 Å². The highest BCUT2D eigenvalue weighted by Gasteiger charge is 2.50. The summed E-state index contributed by atoms with van der Waals surface area (Å²) in [4.78, 5) is 0. The maximum atomic E-state index is 13.8. The SMILES string of the molecule is O=S1(=O)C2CCCC1CC(O)(Cc1cccc(F)c1F)C2. The van der Waals surface area contributed by atoms with Crippen LogP contribution in [0.1, 0.15) is 37.7 Å². The van der Waals surface area contributed by atoms with Gasteiger partial charge in [0.2, 0.25) is 0 Å². The zero-order valence-corrected chi connectivity index (χ0v) is 12.4. The van der Waals surface area contributed by atoms with Crippen molar-refractivity contribution in [3.05, 3.63) is 35.4 Å². The lowest BCUT2D eigenvalue weighted by molar-refractivity contribution is 0.00908. The summed E-state index contributed by atoms with van der Waals surface area (Å²) in [5.74, 6) is -1.90. The summed E-state index contributed by atoms with van der Waals surface area (Å²) in [7, 11) is -3.17. The number of benzene rings is 1. The first-order valence-corrected chi connectivity index (χ1v) is 8.81. The Balaban J connectivity index is 1.88. The molecule has 21 heavy (non-hydrogen) atoms. The molecule has 6 heteroatoms. The molecule has 2 atom stereocenters. The summed E-state index contributed by atoms with van der Waals surface area (Å²) in [6, 6.07) is 3.87. The fourth-order valence-electron chi connectivity index (χ4n) is 3.73. The first-order valence-electron chi connectivity index (χ1n) is 7.20. The number of hydrogen-bond acceptors (Lipinski definition) is 3. The van der Waals surface area contributed by atoms with E-state index in [1.54, 1.807) is 0 Å². The molecule has 2 aliphatic heterocycles. The van der Waals surface area contributed by atoms with Crippen LogP contribution in [-0.2, 0) is 16.3 Å².